The Morgan fingerprint density at radius 3 is 2.34 bits per heavy atom. The third-order valence-corrected chi connectivity index (χ3v) is 5.32. The van der Waals surface area contributed by atoms with E-state index in [9.17, 15) is 14.0 Å². The number of benzene rings is 2. The van der Waals surface area contributed by atoms with Crippen molar-refractivity contribution < 1.29 is 23.5 Å². The van der Waals surface area contributed by atoms with Crippen LogP contribution in [0.25, 0.3) is 6.08 Å². The van der Waals surface area contributed by atoms with Crippen LogP contribution >= 0.6 is 11.6 Å². The second-order valence-electron chi connectivity index (χ2n) is 7.65. The van der Waals surface area contributed by atoms with Gasteiger partial charge in [-0.25, -0.2) is 4.39 Å². The van der Waals surface area contributed by atoms with Crippen LogP contribution in [0.1, 0.15) is 29.8 Å². The maximum Gasteiger partial charge on any atom is 0.255 e. The van der Waals surface area contributed by atoms with Gasteiger partial charge in [-0.3, -0.25) is 9.59 Å². The van der Waals surface area contributed by atoms with Crippen LogP contribution < -0.4 is 9.47 Å². The highest BCUT2D eigenvalue weighted by Gasteiger charge is 2.25. The lowest BCUT2D eigenvalue weighted by Crippen LogP contribution is -2.50. The minimum absolute atomic E-state index is 0.0245. The van der Waals surface area contributed by atoms with Crippen LogP contribution in [0.5, 0.6) is 11.5 Å². The molecule has 6 nitrogen and oxygen atoms in total. The Balaban J connectivity index is 1.58. The Morgan fingerprint density at radius 1 is 1.03 bits per heavy atom. The first-order valence-electron chi connectivity index (χ1n) is 10.3. The zero-order valence-electron chi connectivity index (χ0n) is 18.3. The van der Waals surface area contributed by atoms with E-state index >= 15 is 0 Å². The number of piperazine rings is 1. The summed E-state index contributed by atoms with van der Waals surface area (Å²) in [5.74, 6) is 0.341. The van der Waals surface area contributed by atoms with Crippen molar-refractivity contribution in [2.45, 2.75) is 20.0 Å². The molecule has 1 aliphatic heterocycles. The van der Waals surface area contributed by atoms with Gasteiger partial charge in [0, 0.05) is 32.3 Å². The quantitative estimate of drug-likeness (QED) is 0.604. The van der Waals surface area contributed by atoms with Crippen LogP contribution in [0.4, 0.5) is 4.39 Å². The molecule has 0 unspecified atom stereocenters. The third-order valence-electron chi connectivity index (χ3n) is 5.01. The lowest BCUT2D eigenvalue weighted by atomic mass is 10.1. The molecule has 1 fully saturated rings. The molecule has 0 bridgehead atoms. The van der Waals surface area contributed by atoms with Gasteiger partial charge >= 0.3 is 0 Å². The van der Waals surface area contributed by atoms with Gasteiger partial charge in [-0.2, -0.15) is 0 Å². The zero-order valence-corrected chi connectivity index (χ0v) is 19.1. The summed E-state index contributed by atoms with van der Waals surface area (Å²) in [5, 5.41) is 0.0803. The Morgan fingerprint density at radius 2 is 1.72 bits per heavy atom. The van der Waals surface area contributed by atoms with Gasteiger partial charge in [0.15, 0.2) is 11.5 Å². The molecule has 0 spiro atoms. The molecule has 1 heterocycles. The minimum Gasteiger partial charge on any atom is -0.493 e. The summed E-state index contributed by atoms with van der Waals surface area (Å²) in [5.41, 5.74) is 1.07. The van der Waals surface area contributed by atoms with E-state index in [0.29, 0.717) is 37.7 Å². The summed E-state index contributed by atoms with van der Waals surface area (Å²) >= 11 is 6.00. The standard InChI is InChI=1S/C24H26ClFN2O4/c1-16(2)32-21-8-4-17(14-22(21)31-3)5-9-23(29)27-10-12-28(13-11-27)24(30)19-7-6-18(26)15-20(19)25/h4-9,14-16H,10-13H2,1-3H3/b9-5+. The van der Waals surface area contributed by atoms with E-state index in [1.54, 1.807) is 23.0 Å². The molecule has 0 radical (unpaired) electrons. The van der Waals surface area contributed by atoms with Crippen LogP contribution in [0.3, 0.4) is 0 Å². The van der Waals surface area contributed by atoms with Crippen LogP contribution in [0.15, 0.2) is 42.5 Å². The van der Waals surface area contributed by atoms with Crippen molar-refractivity contribution in [3.8, 4) is 11.5 Å². The second kappa shape index (κ2) is 10.5. The average Bonchev–Trinajstić information content (AvgIpc) is 2.77. The number of methoxy groups -OCH3 is 1. The topological polar surface area (TPSA) is 59.1 Å². The molecule has 32 heavy (non-hydrogen) atoms. The van der Waals surface area contributed by atoms with Crippen molar-refractivity contribution >= 4 is 29.5 Å². The predicted octanol–water partition coefficient (Wildman–Crippen LogP) is 4.27. The Labute approximate surface area is 192 Å². The van der Waals surface area contributed by atoms with Crippen molar-refractivity contribution in [2.24, 2.45) is 0 Å². The van der Waals surface area contributed by atoms with Gasteiger partial charge in [0.1, 0.15) is 5.82 Å². The zero-order chi connectivity index (χ0) is 23.3. The number of hydrogen-bond acceptors (Lipinski definition) is 4. The Hall–Kier alpha value is -3.06. The molecule has 3 rings (SSSR count). The molecule has 0 N–H and O–H groups in total. The van der Waals surface area contributed by atoms with Crippen molar-refractivity contribution in [3.63, 3.8) is 0 Å². The summed E-state index contributed by atoms with van der Waals surface area (Å²) < 4.78 is 24.3. The number of hydrogen-bond donors (Lipinski definition) is 0. The van der Waals surface area contributed by atoms with Gasteiger partial charge in [0.2, 0.25) is 5.91 Å². The predicted molar refractivity (Wildman–Crippen MR) is 122 cm³/mol. The van der Waals surface area contributed by atoms with Crippen LogP contribution in [-0.4, -0.2) is 61.0 Å². The molecule has 8 heteroatoms. The molecule has 170 valence electrons. The largest absolute Gasteiger partial charge is 0.493 e. The third kappa shape index (κ3) is 5.79. The van der Waals surface area contributed by atoms with Crippen molar-refractivity contribution in [3.05, 3.63) is 64.4 Å². The van der Waals surface area contributed by atoms with E-state index in [0.717, 1.165) is 11.6 Å². The molecular formula is C24H26ClFN2O4. The molecule has 1 aliphatic rings. The average molecular weight is 461 g/mol. The van der Waals surface area contributed by atoms with E-state index in [1.165, 1.54) is 18.2 Å². The normalized spacial score (nSPS) is 14.2. The van der Waals surface area contributed by atoms with Crippen LogP contribution in [0.2, 0.25) is 5.02 Å². The van der Waals surface area contributed by atoms with E-state index < -0.39 is 5.82 Å². The molecule has 0 aromatic heterocycles. The first-order valence-corrected chi connectivity index (χ1v) is 10.7. The SMILES string of the molecule is COc1cc(/C=C/C(=O)N2CCN(C(=O)c3ccc(F)cc3Cl)CC2)ccc1OC(C)C. The van der Waals surface area contributed by atoms with Gasteiger partial charge < -0.3 is 19.3 Å². The summed E-state index contributed by atoms with van der Waals surface area (Å²) in [6.45, 7) is 5.43. The Kier molecular flexibility index (Phi) is 7.75. The monoisotopic (exact) mass is 460 g/mol. The van der Waals surface area contributed by atoms with Crippen LogP contribution in [0, 0.1) is 5.82 Å². The highest BCUT2D eigenvalue weighted by atomic mass is 35.5. The fourth-order valence-electron chi connectivity index (χ4n) is 3.38. The highest BCUT2D eigenvalue weighted by molar-refractivity contribution is 6.33. The minimum atomic E-state index is -0.492. The Bertz CT molecular complexity index is 1020. The molecule has 0 atom stereocenters. The van der Waals surface area contributed by atoms with E-state index in [4.69, 9.17) is 21.1 Å². The highest BCUT2D eigenvalue weighted by Crippen LogP contribution is 2.29. The molecule has 0 saturated carbocycles. The van der Waals surface area contributed by atoms with Gasteiger partial charge in [0.25, 0.3) is 5.91 Å². The van der Waals surface area contributed by atoms with Crippen molar-refractivity contribution in [2.75, 3.05) is 33.3 Å². The van der Waals surface area contributed by atoms with Gasteiger partial charge in [-0.15, -0.1) is 0 Å². The van der Waals surface area contributed by atoms with Crippen molar-refractivity contribution in [1.82, 2.24) is 9.80 Å². The summed E-state index contributed by atoms with van der Waals surface area (Å²) in [7, 11) is 1.57. The number of carbonyl (C=O) groups excluding carboxylic acids is 2. The molecule has 0 aliphatic carbocycles. The molecule has 2 amide bonds. The van der Waals surface area contributed by atoms with E-state index in [1.807, 2.05) is 32.0 Å². The van der Waals surface area contributed by atoms with E-state index in [-0.39, 0.29) is 28.5 Å². The van der Waals surface area contributed by atoms with Crippen LogP contribution in [-0.2, 0) is 4.79 Å². The maximum absolute atomic E-state index is 13.2. The maximum atomic E-state index is 13.2. The number of carbonyl (C=O) groups is 2. The first-order chi connectivity index (χ1) is 15.3. The number of halogens is 2. The molecule has 2 aromatic rings. The number of rotatable bonds is 6. The van der Waals surface area contributed by atoms with E-state index in [2.05, 4.69) is 0 Å². The summed E-state index contributed by atoms with van der Waals surface area (Å²) in [6, 6.07) is 9.19. The lowest BCUT2D eigenvalue weighted by Gasteiger charge is -2.34. The fraction of sp³-hybridized carbons (Fsp3) is 0.333. The van der Waals surface area contributed by atoms with Crippen molar-refractivity contribution in [1.29, 1.82) is 0 Å². The summed E-state index contributed by atoms with van der Waals surface area (Å²) in [4.78, 5) is 28.5. The number of ether oxygens (including phenoxy) is 2. The molecule has 1 saturated heterocycles. The summed E-state index contributed by atoms with van der Waals surface area (Å²) in [6.07, 6.45) is 3.25. The molecule has 2 aromatic carbocycles. The van der Waals surface area contributed by atoms with Gasteiger partial charge in [0.05, 0.1) is 23.8 Å². The number of nitrogens with zero attached hydrogens (tertiary/aromatic N) is 2. The fourth-order valence-corrected chi connectivity index (χ4v) is 3.62. The lowest BCUT2D eigenvalue weighted by molar-refractivity contribution is -0.127. The first kappa shape index (κ1) is 23.6. The van der Waals surface area contributed by atoms with Gasteiger partial charge in [-0.1, -0.05) is 17.7 Å². The smallest absolute Gasteiger partial charge is 0.255 e. The number of amides is 2. The molecular weight excluding hydrogens is 435 g/mol. The van der Waals surface area contributed by atoms with Gasteiger partial charge in [-0.05, 0) is 55.8 Å². The second-order valence-corrected chi connectivity index (χ2v) is 8.06.